The van der Waals surface area contributed by atoms with Gasteiger partial charge in [0.05, 0.1) is 0 Å². The number of nitrogens with zero attached hydrogens (tertiary/aromatic N) is 2. The molecule has 6 heteroatoms. The molecule has 4 nitrogen and oxygen atoms in total. The Bertz CT molecular complexity index is 320. The minimum atomic E-state index is -0.378. The van der Waals surface area contributed by atoms with Gasteiger partial charge in [0.25, 0.3) is 0 Å². The van der Waals surface area contributed by atoms with Gasteiger partial charge in [0.1, 0.15) is 5.60 Å². The van der Waals surface area contributed by atoms with Gasteiger partial charge in [-0.2, -0.15) is 4.37 Å². The summed E-state index contributed by atoms with van der Waals surface area (Å²) in [5.74, 6) is 0.711. The third-order valence-electron chi connectivity index (χ3n) is 2.53. The highest BCUT2D eigenvalue weighted by Crippen LogP contribution is 2.35. The molecule has 1 saturated heterocycles. The van der Waals surface area contributed by atoms with E-state index in [-0.39, 0.29) is 5.60 Å². The maximum atomic E-state index is 5.81. The highest BCUT2D eigenvalue weighted by molar-refractivity contribution is 7.10. The molecular formula is C9H13ClN2O2S. The Morgan fingerprint density at radius 1 is 1.53 bits per heavy atom. The Balaban J connectivity index is 2.24. The summed E-state index contributed by atoms with van der Waals surface area (Å²) in [6, 6.07) is 0. The van der Waals surface area contributed by atoms with E-state index in [9.17, 15) is 0 Å². The SMILES string of the molecule is CCOC1(c2nsc(Cl)n2)CCOCC1. The molecule has 0 unspecified atom stereocenters. The molecule has 2 heterocycles. The van der Waals surface area contributed by atoms with Crippen molar-refractivity contribution in [3.05, 3.63) is 10.3 Å². The van der Waals surface area contributed by atoms with E-state index in [1.807, 2.05) is 6.92 Å². The van der Waals surface area contributed by atoms with Crippen LogP contribution in [0.5, 0.6) is 0 Å². The van der Waals surface area contributed by atoms with Crippen LogP contribution < -0.4 is 0 Å². The molecule has 1 aromatic rings. The van der Waals surface area contributed by atoms with Gasteiger partial charge in [-0.15, -0.1) is 0 Å². The Morgan fingerprint density at radius 3 is 2.80 bits per heavy atom. The molecule has 0 N–H and O–H groups in total. The maximum Gasteiger partial charge on any atom is 0.203 e. The normalized spacial score (nSPS) is 20.4. The molecule has 0 aromatic carbocycles. The van der Waals surface area contributed by atoms with Gasteiger partial charge in [-0.1, -0.05) is 0 Å². The van der Waals surface area contributed by atoms with E-state index in [2.05, 4.69) is 9.36 Å². The summed E-state index contributed by atoms with van der Waals surface area (Å²) in [4.78, 5) is 4.22. The topological polar surface area (TPSA) is 44.2 Å². The van der Waals surface area contributed by atoms with Crippen molar-refractivity contribution in [1.82, 2.24) is 9.36 Å². The Labute approximate surface area is 97.7 Å². The maximum absolute atomic E-state index is 5.81. The lowest BCUT2D eigenvalue weighted by molar-refractivity contribution is -0.117. The van der Waals surface area contributed by atoms with E-state index < -0.39 is 0 Å². The lowest BCUT2D eigenvalue weighted by atomic mass is 9.93. The number of halogens is 1. The van der Waals surface area contributed by atoms with E-state index in [0.29, 0.717) is 30.1 Å². The number of ether oxygens (including phenoxy) is 2. The summed E-state index contributed by atoms with van der Waals surface area (Å²) >= 11 is 7.01. The van der Waals surface area contributed by atoms with Crippen LogP contribution in [-0.4, -0.2) is 29.2 Å². The molecule has 0 bridgehead atoms. The molecule has 15 heavy (non-hydrogen) atoms. The lowest BCUT2D eigenvalue weighted by Gasteiger charge is -2.34. The fourth-order valence-corrected chi connectivity index (χ4v) is 2.48. The second kappa shape index (κ2) is 4.74. The Kier molecular flexibility index (Phi) is 3.56. The molecule has 1 aromatic heterocycles. The lowest BCUT2D eigenvalue weighted by Crippen LogP contribution is -2.37. The summed E-state index contributed by atoms with van der Waals surface area (Å²) in [7, 11) is 0. The van der Waals surface area contributed by atoms with Gasteiger partial charge in [0, 0.05) is 32.7 Å². The predicted molar refractivity (Wildman–Crippen MR) is 58.3 cm³/mol. The number of hydrogen-bond donors (Lipinski definition) is 0. The first kappa shape index (κ1) is 11.3. The van der Waals surface area contributed by atoms with Crippen molar-refractivity contribution in [2.45, 2.75) is 25.4 Å². The zero-order valence-electron chi connectivity index (χ0n) is 8.53. The predicted octanol–water partition coefficient (Wildman–Crippen LogP) is 2.23. The van der Waals surface area contributed by atoms with Crippen LogP contribution in [0.25, 0.3) is 0 Å². The van der Waals surface area contributed by atoms with Crippen molar-refractivity contribution >= 4 is 23.1 Å². The third-order valence-corrected chi connectivity index (χ3v) is 3.33. The van der Waals surface area contributed by atoms with Crippen LogP contribution in [0.4, 0.5) is 0 Å². The van der Waals surface area contributed by atoms with E-state index in [4.69, 9.17) is 21.1 Å². The van der Waals surface area contributed by atoms with Crippen LogP contribution >= 0.6 is 23.1 Å². The molecule has 0 radical (unpaired) electrons. The van der Waals surface area contributed by atoms with Gasteiger partial charge in [-0.25, -0.2) is 4.98 Å². The fourth-order valence-electron chi connectivity index (χ4n) is 1.80. The molecule has 1 aliphatic rings. The second-order valence-electron chi connectivity index (χ2n) is 3.41. The van der Waals surface area contributed by atoms with Crippen LogP contribution in [0.15, 0.2) is 0 Å². The van der Waals surface area contributed by atoms with Crippen molar-refractivity contribution in [2.24, 2.45) is 0 Å². The molecule has 2 rings (SSSR count). The molecule has 1 fully saturated rings. The van der Waals surface area contributed by atoms with Crippen LogP contribution in [-0.2, 0) is 15.1 Å². The summed E-state index contributed by atoms with van der Waals surface area (Å²) in [6.07, 6.45) is 1.60. The first-order valence-corrected chi connectivity index (χ1v) is 6.13. The van der Waals surface area contributed by atoms with Gasteiger partial charge in [-0.3, -0.25) is 0 Å². The summed E-state index contributed by atoms with van der Waals surface area (Å²) in [5.41, 5.74) is -0.378. The molecule has 1 aliphatic heterocycles. The van der Waals surface area contributed by atoms with E-state index in [1.165, 1.54) is 11.5 Å². The monoisotopic (exact) mass is 248 g/mol. The van der Waals surface area contributed by atoms with Crippen molar-refractivity contribution in [3.8, 4) is 0 Å². The summed E-state index contributed by atoms with van der Waals surface area (Å²) in [5, 5.41) is 0. The minimum absolute atomic E-state index is 0.378. The summed E-state index contributed by atoms with van der Waals surface area (Å²) < 4.78 is 15.9. The smallest absolute Gasteiger partial charge is 0.203 e. The zero-order chi connectivity index (χ0) is 10.7. The van der Waals surface area contributed by atoms with Crippen LogP contribution in [0.2, 0.25) is 4.47 Å². The molecule has 0 spiro atoms. The average Bonchev–Trinajstić information content (AvgIpc) is 2.67. The van der Waals surface area contributed by atoms with E-state index >= 15 is 0 Å². The summed E-state index contributed by atoms with van der Waals surface area (Å²) in [6.45, 7) is 4.01. The van der Waals surface area contributed by atoms with E-state index in [1.54, 1.807) is 0 Å². The molecule has 84 valence electrons. The number of hydrogen-bond acceptors (Lipinski definition) is 5. The Hall–Kier alpha value is -0.230. The highest BCUT2D eigenvalue weighted by Gasteiger charge is 2.38. The Morgan fingerprint density at radius 2 is 2.27 bits per heavy atom. The van der Waals surface area contributed by atoms with Gasteiger partial charge >= 0.3 is 0 Å². The van der Waals surface area contributed by atoms with Gasteiger partial charge < -0.3 is 9.47 Å². The van der Waals surface area contributed by atoms with Crippen molar-refractivity contribution in [3.63, 3.8) is 0 Å². The second-order valence-corrected chi connectivity index (χ2v) is 4.74. The molecule has 0 atom stereocenters. The van der Waals surface area contributed by atoms with E-state index in [0.717, 1.165) is 12.8 Å². The van der Waals surface area contributed by atoms with Crippen molar-refractivity contribution in [1.29, 1.82) is 0 Å². The number of rotatable bonds is 3. The third kappa shape index (κ3) is 2.30. The minimum Gasteiger partial charge on any atom is -0.381 e. The average molecular weight is 249 g/mol. The van der Waals surface area contributed by atoms with Gasteiger partial charge in [0.2, 0.25) is 4.47 Å². The highest BCUT2D eigenvalue weighted by atomic mass is 35.5. The van der Waals surface area contributed by atoms with Crippen LogP contribution in [0.1, 0.15) is 25.6 Å². The van der Waals surface area contributed by atoms with Gasteiger partial charge in [-0.05, 0) is 30.1 Å². The molecular weight excluding hydrogens is 236 g/mol. The van der Waals surface area contributed by atoms with Crippen molar-refractivity contribution in [2.75, 3.05) is 19.8 Å². The fraction of sp³-hybridized carbons (Fsp3) is 0.778. The molecule has 0 saturated carbocycles. The van der Waals surface area contributed by atoms with Crippen molar-refractivity contribution < 1.29 is 9.47 Å². The first-order valence-electron chi connectivity index (χ1n) is 4.98. The number of aromatic nitrogens is 2. The standard InChI is InChI=1S/C9H13ClN2O2S/c1-2-14-9(3-5-13-6-4-9)7-11-8(10)15-12-7/h2-6H2,1H3. The van der Waals surface area contributed by atoms with Gasteiger partial charge in [0.15, 0.2) is 5.82 Å². The van der Waals surface area contributed by atoms with Crippen LogP contribution in [0.3, 0.4) is 0 Å². The molecule has 0 amide bonds. The molecule has 0 aliphatic carbocycles. The largest absolute Gasteiger partial charge is 0.381 e. The quantitative estimate of drug-likeness (QED) is 0.823. The zero-order valence-corrected chi connectivity index (χ0v) is 10.1. The first-order chi connectivity index (χ1) is 7.27. The van der Waals surface area contributed by atoms with Crippen LogP contribution in [0, 0.1) is 0 Å².